The standard InChI is InChI=1S/C31H33N5O2/c1-22-15-16-23(2)26(17-22)20-36-27(32-29-28(36)30(37)34(4)31(38)33(29)3)21-35(18-24-11-7-5-8-12-24)19-25-13-9-6-10-14-25/h5-17H,18-21H2,1-4H3. The van der Waals surface area contributed by atoms with E-state index in [2.05, 4.69) is 61.2 Å². The zero-order valence-electron chi connectivity index (χ0n) is 22.4. The van der Waals surface area contributed by atoms with Gasteiger partial charge in [-0.15, -0.1) is 0 Å². The first-order valence-corrected chi connectivity index (χ1v) is 12.8. The van der Waals surface area contributed by atoms with E-state index in [0.29, 0.717) is 24.3 Å². The summed E-state index contributed by atoms with van der Waals surface area (Å²) in [6, 6.07) is 27.1. The molecule has 38 heavy (non-hydrogen) atoms. The Kier molecular flexibility index (Phi) is 7.11. The molecular weight excluding hydrogens is 474 g/mol. The van der Waals surface area contributed by atoms with Crippen LogP contribution in [0.25, 0.3) is 11.2 Å². The van der Waals surface area contributed by atoms with Crippen LogP contribution in [0, 0.1) is 13.8 Å². The zero-order valence-corrected chi connectivity index (χ0v) is 22.4. The predicted octanol–water partition coefficient (Wildman–Crippen LogP) is 4.30. The molecule has 3 aromatic carbocycles. The molecular formula is C31H33N5O2. The van der Waals surface area contributed by atoms with Gasteiger partial charge >= 0.3 is 5.69 Å². The van der Waals surface area contributed by atoms with Crippen molar-refractivity contribution in [2.75, 3.05) is 0 Å². The van der Waals surface area contributed by atoms with E-state index in [1.54, 1.807) is 7.05 Å². The summed E-state index contributed by atoms with van der Waals surface area (Å²) in [5.74, 6) is 0.756. The Bertz CT molecular complexity index is 1660. The van der Waals surface area contributed by atoms with Gasteiger partial charge in [-0.3, -0.25) is 18.8 Å². The topological polar surface area (TPSA) is 65.1 Å². The second-order valence-corrected chi connectivity index (χ2v) is 10.0. The van der Waals surface area contributed by atoms with Gasteiger partial charge in [-0.25, -0.2) is 9.78 Å². The van der Waals surface area contributed by atoms with Crippen LogP contribution in [0.4, 0.5) is 0 Å². The number of aryl methyl sites for hydroxylation is 3. The minimum atomic E-state index is -0.379. The fraction of sp³-hybridized carbons (Fsp3) is 0.258. The van der Waals surface area contributed by atoms with Crippen LogP contribution in [0.2, 0.25) is 0 Å². The number of hydrogen-bond acceptors (Lipinski definition) is 4. The van der Waals surface area contributed by atoms with Gasteiger partial charge in [-0.2, -0.15) is 0 Å². The average Bonchev–Trinajstić information content (AvgIpc) is 3.27. The lowest BCUT2D eigenvalue weighted by atomic mass is 10.1. The summed E-state index contributed by atoms with van der Waals surface area (Å²) in [7, 11) is 3.20. The van der Waals surface area contributed by atoms with Crippen LogP contribution in [0.1, 0.15) is 33.6 Å². The molecule has 194 valence electrons. The Labute approximate surface area is 222 Å². The normalized spacial score (nSPS) is 11.5. The molecule has 0 amide bonds. The van der Waals surface area contributed by atoms with Gasteiger partial charge in [0.25, 0.3) is 5.56 Å². The molecule has 7 heteroatoms. The first-order chi connectivity index (χ1) is 18.3. The lowest BCUT2D eigenvalue weighted by Gasteiger charge is -2.23. The van der Waals surface area contributed by atoms with Gasteiger partial charge in [0.1, 0.15) is 5.82 Å². The van der Waals surface area contributed by atoms with Gasteiger partial charge < -0.3 is 4.57 Å². The predicted molar refractivity (Wildman–Crippen MR) is 151 cm³/mol. The second kappa shape index (κ2) is 10.6. The van der Waals surface area contributed by atoms with Gasteiger partial charge in [0, 0.05) is 33.7 Å². The van der Waals surface area contributed by atoms with Gasteiger partial charge in [-0.1, -0.05) is 84.4 Å². The molecule has 5 aromatic rings. The number of imidazole rings is 1. The summed E-state index contributed by atoms with van der Waals surface area (Å²) < 4.78 is 4.64. The van der Waals surface area contributed by atoms with Crippen LogP contribution < -0.4 is 11.2 Å². The molecule has 0 fully saturated rings. The summed E-state index contributed by atoms with van der Waals surface area (Å²) in [5.41, 5.74) is 5.98. The van der Waals surface area contributed by atoms with Gasteiger partial charge in [0.05, 0.1) is 6.54 Å². The summed E-state index contributed by atoms with van der Waals surface area (Å²) >= 11 is 0. The van der Waals surface area contributed by atoms with E-state index >= 15 is 0 Å². The molecule has 0 N–H and O–H groups in total. The van der Waals surface area contributed by atoms with Crippen molar-refractivity contribution in [3.63, 3.8) is 0 Å². The molecule has 0 unspecified atom stereocenters. The summed E-state index contributed by atoms with van der Waals surface area (Å²) in [6.45, 7) is 6.61. The molecule has 7 nitrogen and oxygen atoms in total. The molecule has 0 spiro atoms. The maximum absolute atomic E-state index is 13.4. The monoisotopic (exact) mass is 507 g/mol. The maximum atomic E-state index is 13.4. The Balaban J connectivity index is 1.64. The van der Waals surface area contributed by atoms with Crippen molar-refractivity contribution in [2.24, 2.45) is 14.1 Å². The molecule has 2 aromatic heterocycles. The Hall–Kier alpha value is -4.23. The fourth-order valence-corrected chi connectivity index (χ4v) is 4.97. The van der Waals surface area contributed by atoms with E-state index in [1.165, 1.54) is 27.3 Å². The van der Waals surface area contributed by atoms with Crippen LogP contribution >= 0.6 is 0 Å². The Morgan fingerprint density at radius 1 is 0.763 bits per heavy atom. The van der Waals surface area contributed by atoms with Crippen molar-refractivity contribution >= 4 is 11.2 Å². The molecule has 2 heterocycles. The Morgan fingerprint density at radius 2 is 1.37 bits per heavy atom. The summed E-state index contributed by atoms with van der Waals surface area (Å²) in [4.78, 5) is 33.4. The third-order valence-electron chi connectivity index (χ3n) is 7.12. The van der Waals surface area contributed by atoms with Gasteiger partial charge in [0.15, 0.2) is 11.2 Å². The highest BCUT2D eigenvalue weighted by molar-refractivity contribution is 5.71. The zero-order chi connectivity index (χ0) is 26.8. The molecule has 0 saturated heterocycles. The van der Waals surface area contributed by atoms with Crippen LogP contribution in [0.15, 0.2) is 88.5 Å². The number of aromatic nitrogens is 4. The molecule has 0 aliphatic rings. The van der Waals surface area contributed by atoms with Crippen molar-refractivity contribution in [1.82, 2.24) is 23.6 Å². The minimum Gasteiger partial charge on any atom is -0.317 e. The average molecular weight is 508 g/mol. The summed E-state index contributed by atoms with van der Waals surface area (Å²) in [6.07, 6.45) is 0. The number of nitrogens with zero attached hydrogens (tertiary/aromatic N) is 5. The van der Waals surface area contributed by atoms with Gasteiger partial charge in [-0.05, 0) is 36.1 Å². The Morgan fingerprint density at radius 3 is 1.97 bits per heavy atom. The highest BCUT2D eigenvalue weighted by Crippen LogP contribution is 2.21. The number of rotatable bonds is 8. The number of benzene rings is 3. The maximum Gasteiger partial charge on any atom is 0.332 e. The van der Waals surface area contributed by atoms with Crippen molar-refractivity contribution in [2.45, 2.75) is 40.0 Å². The van der Waals surface area contributed by atoms with E-state index < -0.39 is 0 Å². The van der Waals surface area contributed by atoms with E-state index in [4.69, 9.17) is 4.98 Å². The fourth-order valence-electron chi connectivity index (χ4n) is 4.97. The molecule has 0 radical (unpaired) electrons. The lowest BCUT2D eigenvalue weighted by Crippen LogP contribution is -2.37. The van der Waals surface area contributed by atoms with Gasteiger partial charge in [0.2, 0.25) is 0 Å². The largest absolute Gasteiger partial charge is 0.332 e. The second-order valence-electron chi connectivity index (χ2n) is 10.0. The van der Waals surface area contributed by atoms with Crippen LogP contribution in [0.5, 0.6) is 0 Å². The van der Waals surface area contributed by atoms with E-state index in [1.807, 2.05) is 41.0 Å². The van der Waals surface area contributed by atoms with Crippen LogP contribution in [-0.4, -0.2) is 23.6 Å². The molecule has 5 rings (SSSR count). The van der Waals surface area contributed by atoms with Crippen LogP contribution in [-0.2, 0) is 40.3 Å². The van der Waals surface area contributed by atoms with E-state index in [0.717, 1.165) is 35.6 Å². The van der Waals surface area contributed by atoms with Crippen LogP contribution in [0.3, 0.4) is 0 Å². The van der Waals surface area contributed by atoms with Crippen molar-refractivity contribution < 1.29 is 0 Å². The van der Waals surface area contributed by atoms with Crippen molar-refractivity contribution in [3.05, 3.63) is 133 Å². The van der Waals surface area contributed by atoms with Crippen molar-refractivity contribution in [3.8, 4) is 0 Å². The summed E-state index contributed by atoms with van der Waals surface area (Å²) in [5, 5.41) is 0. The van der Waals surface area contributed by atoms with Crippen molar-refractivity contribution in [1.29, 1.82) is 0 Å². The number of hydrogen-bond donors (Lipinski definition) is 0. The molecule has 0 aliphatic heterocycles. The highest BCUT2D eigenvalue weighted by atomic mass is 16.2. The third kappa shape index (κ3) is 5.10. The SMILES string of the molecule is Cc1ccc(C)c(Cn2c(CN(Cc3ccccc3)Cc3ccccc3)nc3c2c(=O)n(C)c(=O)n3C)c1. The smallest absolute Gasteiger partial charge is 0.317 e. The lowest BCUT2D eigenvalue weighted by molar-refractivity contribution is 0.238. The minimum absolute atomic E-state index is 0.329. The first-order valence-electron chi connectivity index (χ1n) is 12.8. The van der Waals surface area contributed by atoms with E-state index in [9.17, 15) is 9.59 Å². The van der Waals surface area contributed by atoms with E-state index in [-0.39, 0.29) is 11.2 Å². The molecule has 0 aliphatic carbocycles. The third-order valence-corrected chi connectivity index (χ3v) is 7.12. The molecule has 0 saturated carbocycles. The first kappa shape index (κ1) is 25.4. The quantitative estimate of drug-likeness (QED) is 0.314. The number of fused-ring (bicyclic) bond motifs is 1. The molecule has 0 atom stereocenters. The highest BCUT2D eigenvalue weighted by Gasteiger charge is 2.22. The molecule has 0 bridgehead atoms.